The number of aromatic amines is 1. The van der Waals surface area contributed by atoms with E-state index in [1.54, 1.807) is 21.9 Å². The zero-order chi connectivity index (χ0) is 23.6. The first-order valence-corrected chi connectivity index (χ1v) is 11.3. The highest BCUT2D eigenvalue weighted by molar-refractivity contribution is 6.34. The average molecular weight is 467 g/mol. The van der Waals surface area contributed by atoms with Crippen molar-refractivity contribution in [3.05, 3.63) is 64.3 Å². The molecule has 7 nitrogen and oxygen atoms in total. The largest absolute Gasteiger partial charge is 0.444 e. The molecular weight excluding hydrogens is 440 g/mol. The molecule has 1 aromatic heterocycles. The van der Waals surface area contributed by atoms with Gasteiger partial charge in [0.25, 0.3) is 5.91 Å². The molecule has 2 amide bonds. The van der Waals surface area contributed by atoms with Gasteiger partial charge in [-0.25, -0.2) is 4.79 Å². The lowest BCUT2D eigenvalue weighted by Crippen LogP contribution is -2.51. The van der Waals surface area contributed by atoms with E-state index in [-0.39, 0.29) is 12.0 Å². The van der Waals surface area contributed by atoms with Gasteiger partial charge in [0.05, 0.1) is 21.8 Å². The number of carbonyl (C=O) groups is 2. The van der Waals surface area contributed by atoms with Crippen molar-refractivity contribution >= 4 is 46.7 Å². The quantitative estimate of drug-likeness (QED) is 0.583. The Morgan fingerprint density at radius 2 is 1.73 bits per heavy atom. The summed E-state index contributed by atoms with van der Waals surface area (Å²) in [6.07, 6.45) is 3.48. The molecular formula is C25H27ClN4O3. The molecule has 0 saturated carbocycles. The van der Waals surface area contributed by atoms with Crippen LogP contribution in [-0.4, -0.2) is 63.8 Å². The van der Waals surface area contributed by atoms with Crippen LogP contribution in [0.5, 0.6) is 0 Å². The van der Waals surface area contributed by atoms with E-state index >= 15 is 0 Å². The number of benzene rings is 2. The van der Waals surface area contributed by atoms with Gasteiger partial charge in [0.2, 0.25) is 0 Å². The lowest BCUT2D eigenvalue weighted by atomic mass is 10.1. The second-order valence-electron chi connectivity index (χ2n) is 8.99. The smallest absolute Gasteiger partial charge is 0.410 e. The average Bonchev–Trinajstić information content (AvgIpc) is 3.19. The Labute approximate surface area is 198 Å². The zero-order valence-electron chi connectivity index (χ0n) is 19.0. The molecule has 0 bridgehead atoms. The van der Waals surface area contributed by atoms with Gasteiger partial charge in [-0.05, 0) is 50.6 Å². The van der Waals surface area contributed by atoms with E-state index in [9.17, 15) is 9.59 Å². The third-order valence-corrected chi connectivity index (χ3v) is 5.69. The number of hydrogen-bond donors (Lipinski definition) is 1. The maximum absolute atomic E-state index is 13.0. The van der Waals surface area contributed by atoms with Crippen molar-refractivity contribution in [2.75, 3.05) is 26.2 Å². The Morgan fingerprint density at radius 1 is 1.03 bits per heavy atom. The SMILES string of the molecule is CC(C)(C)OC(=O)N1CCN(C(=O)c2ccc(/C=C/c3n[nH]c4ccccc34)cc2Cl)CC1. The molecule has 1 aliphatic heterocycles. The van der Waals surface area contributed by atoms with Gasteiger partial charge in [-0.3, -0.25) is 9.89 Å². The number of carbonyl (C=O) groups excluding carboxylic acids is 2. The fraction of sp³-hybridized carbons (Fsp3) is 0.320. The predicted molar refractivity (Wildman–Crippen MR) is 130 cm³/mol. The lowest BCUT2D eigenvalue weighted by molar-refractivity contribution is 0.0141. The van der Waals surface area contributed by atoms with Gasteiger partial charge < -0.3 is 14.5 Å². The van der Waals surface area contributed by atoms with E-state index in [1.807, 2.05) is 63.3 Å². The highest BCUT2D eigenvalue weighted by atomic mass is 35.5. The molecule has 0 radical (unpaired) electrons. The summed E-state index contributed by atoms with van der Waals surface area (Å²) in [4.78, 5) is 28.6. The van der Waals surface area contributed by atoms with Gasteiger partial charge in [-0.2, -0.15) is 5.10 Å². The summed E-state index contributed by atoms with van der Waals surface area (Å²) in [5.74, 6) is -0.141. The minimum atomic E-state index is -0.544. The molecule has 1 N–H and O–H groups in total. The van der Waals surface area contributed by atoms with Gasteiger partial charge in [-0.15, -0.1) is 0 Å². The van der Waals surface area contributed by atoms with Gasteiger partial charge in [0.15, 0.2) is 0 Å². The lowest BCUT2D eigenvalue weighted by Gasteiger charge is -2.35. The summed E-state index contributed by atoms with van der Waals surface area (Å²) < 4.78 is 5.41. The Kier molecular flexibility index (Phi) is 6.42. The fourth-order valence-electron chi connectivity index (χ4n) is 3.68. The maximum Gasteiger partial charge on any atom is 0.410 e. The van der Waals surface area contributed by atoms with Crippen LogP contribution in [0.25, 0.3) is 23.1 Å². The van der Waals surface area contributed by atoms with E-state index in [2.05, 4.69) is 10.2 Å². The molecule has 172 valence electrons. The standard InChI is InChI=1S/C25H27ClN4O3/c1-25(2,3)33-24(32)30-14-12-29(13-15-30)23(31)18-10-8-17(16-20(18)26)9-11-22-19-6-4-5-7-21(19)27-28-22/h4-11,16H,12-15H2,1-3H3,(H,27,28)/b11-9+. The Morgan fingerprint density at radius 3 is 2.42 bits per heavy atom. The summed E-state index contributed by atoms with van der Waals surface area (Å²) >= 11 is 6.46. The number of halogens is 1. The normalized spacial score (nSPS) is 14.8. The summed E-state index contributed by atoms with van der Waals surface area (Å²) in [6, 6.07) is 13.3. The molecule has 1 saturated heterocycles. The first kappa shape index (κ1) is 22.9. The van der Waals surface area contributed by atoms with E-state index < -0.39 is 5.60 Å². The predicted octanol–water partition coefficient (Wildman–Crippen LogP) is 5.08. The van der Waals surface area contributed by atoms with Crippen LogP contribution in [0.4, 0.5) is 4.79 Å². The number of nitrogens with zero attached hydrogens (tertiary/aromatic N) is 3. The fourth-order valence-corrected chi connectivity index (χ4v) is 3.95. The number of para-hydroxylation sites is 1. The van der Waals surface area contributed by atoms with Crippen LogP contribution in [-0.2, 0) is 4.74 Å². The second-order valence-corrected chi connectivity index (χ2v) is 9.39. The van der Waals surface area contributed by atoms with Crippen molar-refractivity contribution in [2.45, 2.75) is 26.4 Å². The number of amides is 2. The van der Waals surface area contributed by atoms with Gasteiger partial charge in [-0.1, -0.05) is 41.9 Å². The first-order chi connectivity index (χ1) is 15.7. The van der Waals surface area contributed by atoms with E-state index in [0.29, 0.717) is 36.8 Å². The topological polar surface area (TPSA) is 78.5 Å². The molecule has 1 aliphatic rings. The molecule has 33 heavy (non-hydrogen) atoms. The van der Waals surface area contributed by atoms with Crippen molar-refractivity contribution in [2.24, 2.45) is 0 Å². The van der Waals surface area contributed by atoms with Crippen LogP contribution in [0, 0.1) is 0 Å². The molecule has 0 spiro atoms. The number of H-pyrrole nitrogens is 1. The minimum Gasteiger partial charge on any atom is -0.444 e. The number of rotatable bonds is 3. The summed E-state index contributed by atoms with van der Waals surface area (Å²) in [6.45, 7) is 7.23. The minimum absolute atomic E-state index is 0.141. The van der Waals surface area contributed by atoms with Crippen LogP contribution in [0.1, 0.15) is 42.4 Å². The zero-order valence-corrected chi connectivity index (χ0v) is 19.7. The third-order valence-electron chi connectivity index (χ3n) is 5.38. The molecule has 0 aliphatic carbocycles. The number of fused-ring (bicyclic) bond motifs is 1. The molecule has 2 heterocycles. The van der Waals surface area contributed by atoms with Gasteiger partial charge >= 0.3 is 6.09 Å². The third kappa shape index (κ3) is 5.37. The van der Waals surface area contributed by atoms with E-state index in [0.717, 1.165) is 22.2 Å². The van der Waals surface area contributed by atoms with Crippen LogP contribution < -0.4 is 0 Å². The monoisotopic (exact) mass is 466 g/mol. The summed E-state index contributed by atoms with van der Waals surface area (Å²) in [5.41, 5.74) is 2.59. The number of nitrogens with one attached hydrogen (secondary N) is 1. The van der Waals surface area contributed by atoms with Crippen molar-refractivity contribution in [3.63, 3.8) is 0 Å². The Hall–Kier alpha value is -3.32. The molecule has 8 heteroatoms. The molecule has 0 unspecified atom stereocenters. The van der Waals surface area contributed by atoms with Gasteiger partial charge in [0.1, 0.15) is 5.60 Å². The number of hydrogen-bond acceptors (Lipinski definition) is 4. The van der Waals surface area contributed by atoms with E-state index in [4.69, 9.17) is 16.3 Å². The second kappa shape index (κ2) is 9.27. The summed E-state index contributed by atoms with van der Waals surface area (Å²) in [5, 5.41) is 8.77. The molecule has 1 fully saturated rings. The van der Waals surface area contributed by atoms with Crippen LogP contribution in [0.3, 0.4) is 0 Å². The maximum atomic E-state index is 13.0. The van der Waals surface area contributed by atoms with Gasteiger partial charge in [0, 0.05) is 31.6 Å². The van der Waals surface area contributed by atoms with Crippen molar-refractivity contribution < 1.29 is 14.3 Å². The number of ether oxygens (including phenoxy) is 1. The highest BCUT2D eigenvalue weighted by Crippen LogP contribution is 2.23. The van der Waals surface area contributed by atoms with Crippen molar-refractivity contribution in [3.8, 4) is 0 Å². The molecule has 3 aromatic rings. The Balaban J connectivity index is 1.40. The molecule has 0 atom stereocenters. The Bertz CT molecular complexity index is 1200. The number of piperazine rings is 1. The van der Waals surface area contributed by atoms with Crippen LogP contribution >= 0.6 is 11.6 Å². The highest BCUT2D eigenvalue weighted by Gasteiger charge is 2.28. The number of aromatic nitrogens is 2. The van der Waals surface area contributed by atoms with Crippen molar-refractivity contribution in [1.29, 1.82) is 0 Å². The van der Waals surface area contributed by atoms with Crippen LogP contribution in [0.2, 0.25) is 5.02 Å². The van der Waals surface area contributed by atoms with Crippen LogP contribution in [0.15, 0.2) is 42.5 Å². The van der Waals surface area contributed by atoms with Crippen molar-refractivity contribution in [1.82, 2.24) is 20.0 Å². The molecule has 2 aromatic carbocycles. The first-order valence-electron chi connectivity index (χ1n) is 10.9. The molecule has 4 rings (SSSR count). The van der Waals surface area contributed by atoms with E-state index in [1.165, 1.54) is 0 Å². The summed E-state index contributed by atoms with van der Waals surface area (Å²) in [7, 11) is 0.